The largest absolute Gasteiger partial charge is 0.322 e. The van der Waals surface area contributed by atoms with Crippen molar-refractivity contribution in [2.45, 2.75) is 44.8 Å². The molecule has 19 heavy (non-hydrogen) atoms. The van der Waals surface area contributed by atoms with Crippen molar-refractivity contribution in [1.29, 1.82) is 0 Å². The zero-order valence-corrected chi connectivity index (χ0v) is 11.5. The molecule has 1 saturated carbocycles. The summed E-state index contributed by atoms with van der Waals surface area (Å²) in [5.74, 6) is 1.14. The molecule has 0 bridgehead atoms. The van der Waals surface area contributed by atoms with Gasteiger partial charge in [0.2, 0.25) is 5.91 Å². The molecular formula is C16H22N2O. The van der Waals surface area contributed by atoms with Crippen molar-refractivity contribution in [3.63, 3.8) is 0 Å². The van der Waals surface area contributed by atoms with E-state index in [2.05, 4.69) is 24.4 Å². The summed E-state index contributed by atoms with van der Waals surface area (Å²) >= 11 is 0. The number of hydrogen-bond acceptors (Lipinski definition) is 2. The third-order valence-electron chi connectivity index (χ3n) is 4.25. The van der Waals surface area contributed by atoms with Crippen LogP contribution in [0.15, 0.2) is 30.3 Å². The molecule has 2 unspecified atom stereocenters. The molecule has 2 aliphatic rings. The van der Waals surface area contributed by atoms with Crippen LogP contribution in [0, 0.1) is 5.92 Å². The molecule has 102 valence electrons. The zero-order valence-electron chi connectivity index (χ0n) is 11.5. The quantitative estimate of drug-likeness (QED) is 0.880. The summed E-state index contributed by atoms with van der Waals surface area (Å²) in [4.78, 5) is 14.5. The van der Waals surface area contributed by atoms with Gasteiger partial charge in [-0.3, -0.25) is 10.1 Å². The number of carbonyl (C=O) groups excluding carboxylic acids is 1. The fourth-order valence-electron chi connectivity index (χ4n) is 2.85. The van der Waals surface area contributed by atoms with Crippen LogP contribution >= 0.6 is 0 Å². The molecule has 3 nitrogen and oxygen atoms in total. The van der Waals surface area contributed by atoms with Crippen molar-refractivity contribution in [2.75, 3.05) is 6.54 Å². The monoisotopic (exact) mass is 258 g/mol. The smallest absolute Gasteiger partial charge is 0.241 e. The van der Waals surface area contributed by atoms with Crippen molar-refractivity contribution >= 4 is 5.91 Å². The highest BCUT2D eigenvalue weighted by atomic mass is 16.2. The maximum atomic E-state index is 12.4. The van der Waals surface area contributed by atoms with Gasteiger partial charge in [0.05, 0.1) is 6.04 Å². The second-order valence-electron chi connectivity index (χ2n) is 5.70. The number of carbonyl (C=O) groups is 1. The van der Waals surface area contributed by atoms with Gasteiger partial charge < -0.3 is 4.90 Å². The SMILES string of the molecule is CCC1NC(c2ccccc2)N(CCC2CC2)C1=O. The number of benzene rings is 1. The molecule has 1 N–H and O–H groups in total. The summed E-state index contributed by atoms with van der Waals surface area (Å²) < 4.78 is 0. The Bertz CT molecular complexity index is 441. The summed E-state index contributed by atoms with van der Waals surface area (Å²) in [5.41, 5.74) is 1.20. The van der Waals surface area contributed by atoms with Crippen LogP contribution in [-0.4, -0.2) is 23.4 Å². The van der Waals surface area contributed by atoms with Crippen LogP contribution in [0.2, 0.25) is 0 Å². The molecule has 1 amide bonds. The lowest BCUT2D eigenvalue weighted by Gasteiger charge is -2.24. The maximum absolute atomic E-state index is 12.4. The van der Waals surface area contributed by atoms with Crippen molar-refractivity contribution in [3.05, 3.63) is 35.9 Å². The first-order chi connectivity index (χ1) is 9.29. The third kappa shape index (κ3) is 2.66. The molecule has 3 rings (SSSR count). The number of amides is 1. The van der Waals surface area contributed by atoms with Crippen LogP contribution < -0.4 is 5.32 Å². The van der Waals surface area contributed by atoms with E-state index < -0.39 is 0 Å². The summed E-state index contributed by atoms with van der Waals surface area (Å²) in [5, 5.41) is 3.48. The lowest BCUT2D eigenvalue weighted by atomic mass is 10.1. The van der Waals surface area contributed by atoms with Gasteiger partial charge in [-0.25, -0.2) is 0 Å². The fraction of sp³-hybridized carbons (Fsp3) is 0.562. The van der Waals surface area contributed by atoms with E-state index in [0.717, 1.165) is 25.3 Å². The summed E-state index contributed by atoms with van der Waals surface area (Å²) in [6.45, 7) is 2.97. The molecule has 2 atom stereocenters. The van der Waals surface area contributed by atoms with E-state index in [1.54, 1.807) is 0 Å². The second kappa shape index (κ2) is 5.33. The number of nitrogens with one attached hydrogen (secondary N) is 1. The van der Waals surface area contributed by atoms with Gasteiger partial charge in [0.15, 0.2) is 0 Å². The lowest BCUT2D eigenvalue weighted by molar-refractivity contribution is -0.130. The average molecular weight is 258 g/mol. The lowest BCUT2D eigenvalue weighted by Crippen LogP contribution is -2.32. The van der Waals surface area contributed by atoms with E-state index in [4.69, 9.17) is 0 Å². The van der Waals surface area contributed by atoms with Gasteiger partial charge in [-0.2, -0.15) is 0 Å². The molecule has 1 aliphatic carbocycles. The summed E-state index contributed by atoms with van der Waals surface area (Å²) in [7, 11) is 0. The van der Waals surface area contributed by atoms with Crippen LogP contribution in [0.4, 0.5) is 0 Å². The van der Waals surface area contributed by atoms with Crippen LogP contribution in [0.3, 0.4) is 0 Å². The zero-order chi connectivity index (χ0) is 13.2. The molecule has 1 heterocycles. The van der Waals surface area contributed by atoms with Gasteiger partial charge >= 0.3 is 0 Å². The van der Waals surface area contributed by atoms with Crippen LogP contribution in [0.1, 0.15) is 44.3 Å². The Morgan fingerprint density at radius 1 is 1.26 bits per heavy atom. The number of hydrogen-bond donors (Lipinski definition) is 1. The minimum atomic E-state index is -0.00981. The van der Waals surface area contributed by atoms with Gasteiger partial charge in [-0.15, -0.1) is 0 Å². The Morgan fingerprint density at radius 2 is 2.00 bits per heavy atom. The van der Waals surface area contributed by atoms with Crippen molar-refractivity contribution < 1.29 is 4.79 Å². The van der Waals surface area contributed by atoms with Crippen LogP contribution in [-0.2, 0) is 4.79 Å². The van der Waals surface area contributed by atoms with Crippen LogP contribution in [0.25, 0.3) is 0 Å². The fourth-order valence-corrected chi connectivity index (χ4v) is 2.85. The van der Waals surface area contributed by atoms with Crippen molar-refractivity contribution in [2.24, 2.45) is 5.92 Å². The van der Waals surface area contributed by atoms with Crippen molar-refractivity contribution in [3.8, 4) is 0 Å². The van der Waals surface area contributed by atoms with Gasteiger partial charge in [-0.1, -0.05) is 50.1 Å². The normalized spacial score (nSPS) is 27.0. The standard InChI is InChI=1S/C16H22N2O/c1-2-14-16(19)18(11-10-12-8-9-12)15(17-14)13-6-4-3-5-7-13/h3-7,12,14-15,17H,2,8-11H2,1H3. The molecule has 1 aliphatic heterocycles. The molecule has 1 aromatic carbocycles. The summed E-state index contributed by atoms with van der Waals surface area (Å²) in [6.07, 6.45) is 4.79. The second-order valence-corrected chi connectivity index (χ2v) is 5.70. The Labute approximate surface area is 115 Å². The minimum Gasteiger partial charge on any atom is -0.322 e. The van der Waals surface area contributed by atoms with E-state index in [1.807, 2.05) is 23.1 Å². The van der Waals surface area contributed by atoms with E-state index in [-0.39, 0.29) is 18.1 Å². The van der Waals surface area contributed by atoms with Gasteiger partial charge in [0.25, 0.3) is 0 Å². The number of nitrogens with zero attached hydrogens (tertiary/aromatic N) is 1. The van der Waals surface area contributed by atoms with E-state index >= 15 is 0 Å². The highest BCUT2D eigenvalue weighted by Gasteiger charge is 2.38. The molecule has 1 saturated heterocycles. The Balaban J connectivity index is 1.76. The van der Waals surface area contributed by atoms with Gasteiger partial charge in [-0.05, 0) is 24.3 Å². The third-order valence-corrected chi connectivity index (χ3v) is 4.25. The van der Waals surface area contributed by atoms with Gasteiger partial charge in [0.1, 0.15) is 6.17 Å². The van der Waals surface area contributed by atoms with E-state index in [9.17, 15) is 4.79 Å². The predicted molar refractivity (Wildman–Crippen MR) is 75.5 cm³/mol. The summed E-state index contributed by atoms with van der Waals surface area (Å²) in [6, 6.07) is 10.3. The molecule has 3 heteroatoms. The highest BCUT2D eigenvalue weighted by molar-refractivity contribution is 5.84. The molecule has 0 aromatic heterocycles. The Kier molecular flexibility index (Phi) is 3.56. The van der Waals surface area contributed by atoms with E-state index in [0.29, 0.717) is 0 Å². The van der Waals surface area contributed by atoms with Crippen molar-refractivity contribution in [1.82, 2.24) is 10.2 Å². The molecular weight excluding hydrogens is 236 g/mol. The number of rotatable bonds is 5. The first kappa shape index (κ1) is 12.7. The average Bonchev–Trinajstić information content (AvgIpc) is 3.22. The molecule has 0 spiro atoms. The first-order valence-corrected chi connectivity index (χ1v) is 7.41. The molecule has 0 radical (unpaired) electrons. The topological polar surface area (TPSA) is 32.3 Å². The van der Waals surface area contributed by atoms with Gasteiger partial charge in [0, 0.05) is 6.54 Å². The predicted octanol–water partition coefficient (Wildman–Crippen LogP) is 2.70. The molecule has 1 aromatic rings. The van der Waals surface area contributed by atoms with Crippen LogP contribution in [0.5, 0.6) is 0 Å². The maximum Gasteiger partial charge on any atom is 0.241 e. The highest BCUT2D eigenvalue weighted by Crippen LogP contribution is 2.34. The first-order valence-electron chi connectivity index (χ1n) is 7.41. The van der Waals surface area contributed by atoms with E-state index in [1.165, 1.54) is 18.4 Å². The minimum absolute atomic E-state index is 0.00981. The Morgan fingerprint density at radius 3 is 2.63 bits per heavy atom. The Hall–Kier alpha value is -1.35. The molecule has 2 fully saturated rings.